The molecule has 3 aromatic rings. The summed E-state index contributed by atoms with van der Waals surface area (Å²) in [6.45, 7) is 5.72. The van der Waals surface area contributed by atoms with E-state index in [9.17, 15) is 4.79 Å². The van der Waals surface area contributed by atoms with Crippen LogP contribution >= 0.6 is 0 Å². The number of aryl methyl sites for hydroxylation is 2. The van der Waals surface area contributed by atoms with Gasteiger partial charge in [-0.05, 0) is 56.7 Å². The third-order valence-electron chi connectivity index (χ3n) is 4.59. The first-order valence-corrected chi connectivity index (χ1v) is 8.34. The van der Waals surface area contributed by atoms with Crippen molar-refractivity contribution in [1.29, 1.82) is 0 Å². The first-order chi connectivity index (χ1) is 12.5. The Labute approximate surface area is 150 Å². The average molecular weight is 349 g/mol. The number of hydrogen-bond acceptors (Lipinski definition) is 5. The van der Waals surface area contributed by atoms with Crippen molar-refractivity contribution in [1.82, 2.24) is 14.8 Å². The van der Waals surface area contributed by atoms with E-state index in [-0.39, 0.29) is 11.6 Å². The van der Waals surface area contributed by atoms with Gasteiger partial charge in [0.1, 0.15) is 11.8 Å². The van der Waals surface area contributed by atoms with Gasteiger partial charge in [-0.1, -0.05) is 0 Å². The number of H-pyrrole nitrogens is 1. The minimum Gasteiger partial charge on any atom is -0.497 e. The molecule has 1 N–H and O–H groups in total. The Bertz CT molecular complexity index is 1140. The molecule has 1 atom stereocenters. The molecule has 0 saturated carbocycles. The van der Waals surface area contributed by atoms with Gasteiger partial charge in [-0.2, -0.15) is 10.2 Å². The van der Waals surface area contributed by atoms with Gasteiger partial charge in [0.25, 0.3) is 5.56 Å². The van der Waals surface area contributed by atoms with Crippen LogP contribution in [0.15, 0.2) is 51.1 Å². The minimum atomic E-state index is -0.342. The van der Waals surface area contributed by atoms with E-state index in [2.05, 4.69) is 20.3 Å². The van der Waals surface area contributed by atoms with Crippen LogP contribution in [0.5, 0.6) is 5.75 Å². The maximum atomic E-state index is 13.0. The SMILES string of the molecule is COc1ccc2nc(-n3[nH]c(C)c(C4C=C(C)N=N4)c3=O)cc(C)c2c1. The second-order valence-electron chi connectivity index (χ2n) is 6.44. The number of fused-ring (bicyclic) bond motifs is 1. The molecular formula is C19H19N5O2. The molecule has 132 valence electrons. The second-order valence-corrected chi connectivity index (χ2v) is 6.44. The van der Waals surface area contributed by atoms with Crippen LogP contribution in [-0.2, 0) is 0 Å². The Hall–Kier alpha value is -3.22. The number of hydrogen-bond donors (Lipinski definition) is 1. The standard InChI is InChI=1S/C19H19N5O2/c1-10-7-17(20-15-6-5-13(26-4)9-14(10)15)24-19(25)18(12(3)23-24)16-8-11(2)21-22-16/h5-9,16,23H,1-4H3. The highest BCUT2D eigenvalue weighted by atomic mass is 16.5. The molecule has 0 bridgehead atoms. The Kier molecular flexibility index (Phi) is 3.72. The summed E-state index contributed by atoms with van der Waals surface area (Å²) in [4.78, 5) is 17.6. The molecule has 26 heavy (non-hydrogen) atoms. The van der Waals surface area contributed by atoms with E-state index < -0.39 is 0 Å². The predicted molar refractivity (Wildman–Crippen MR) is 99.1 cm³/mol. The van der Waals surface area contributed by atoms with Gasteiger partial charge in [-0.15, -0.1) is 0 Å². The van der Waals surface area contributed by atoms with E-state index in [0.29, 0.717) is 11.4 Å². The predicted octanol–water partition coefficient (Wildman–Crippen LogP) is 3.75. The molecule has 0 spiro atoms. The molecule has 1 aliphatic heterocycles. The molecule has 1 aliphatic rings. The van der Waals surface area contributed by atoms with E-state index >= 15 is 0 Å². The fraction of sp³-hybridized carbons (Fsp3) is 0.263. The van der Waals surface area contributed by atoms with Crippen molar-refractivity contribution in [3.05, 3.63) is 63.2 Å². The summed E-state index contributed by atoms with van der Waals surface area (Å²) < 4.78 is 6.75. The van der Waals surface area contributed by atoms with E-state index in [1.807, 2.05) is 51.1 Å². The summed E-state index contributed by atoms with van der Waals surface area (Å²) in [5.74, 6) is 1.33. The summed E-state index contributed by atoms with van der Waals surface area (Å²) in [5.41, 5.74) is 3.84. The van der Waals surface area contributed by atoms with Crippen LogP contribution in [0, 0.1) is 13.8 Å². The first-order valence-electron chi connectivity index (χ1n) is 8.34. The monoisotopic (exact) mass is 349 g/mol. The molecule has 4 rings (SSSR count). The van der Waals surface area contributed by atoms with Gasteiger partial charge >= 0.3 is 0 Å². The van der Waals surface area contributed by atoms with Crippen molar-refractivity contribution < 1.29 is 4.74 Å². The average Bonchev–Trinajstić information content (AvgIpc) is 3.17. The quantitative estimate of drug-likeness (QED) is 0.781. The Morgan fingerprint density at radius 1 is 1.19 bits per heavy atom. The lowest BCUT2D eigenvalue weighted by atomic mass is 10.1. The van der Waals surface area contributed by atoms with Crippen molar-refractivity contribution in [2.45, 2.75) is 26.8 Å². The fourth-order valence-corrected chi connectivity index (χ4v) is 3.26. The third kappa shape index (κ3) is 2.52. The zero-order valence-corrected chi connectivity index (χ0v) is 15.1. The van der Waals surface area contributed by atoms with Crippen LogP contribution in [0.25, 0.3) is 16.7 Å². The van der Waals surface area contributed by atoms with Crippen molar-refractivity contribution in [3.8, 4) is 11.6 Å². The van der Waals surface area contributed by atoms with E-state index in [1.54, 1.807) is 7.11 Å². The lowest BCUT2D eigenvalue weighted by Gasteiger charge is -2.08. The molecule has 1 unspecified atom stereocenters. The number of ether oxygens (including phenoxy) is 1. The molecule has 0 amide bonds. The van der Waals surface area contributed by atoms with Crippen molar-refractivity contribution in [3.63, 3.8) is 0 Å². The molecule has 3 heterocycles. The lowest BCUT2D eigenvalue weighted by molar-refractivity contribution is 0.415. The molecule has 7 nitrogen and oxygen atoms in total. The molecular weight excluding hydrogens is 330 g/mol. The summed E-state index contributed by atoms with van der Waals surface area (Å²) in [6, 6.07) is 7.25. The van der Waals surface area contributed by atoms with Gasteiger partial charge in [0.05, 0.1) is 23.9 Å². The van der Waals surface area contributed by atoms with Gasteiger partial charge in [0, 0.05) is 11.1 Å². The number of nitrogens with zero attached hydrogens (tertiary/aromatic N) is 4. The number of aromatic nitrogens is 3. The molecule has 0 saturated heterocycles. The van der Waals surface area contributed by atoms with Crippen LogP contribution in [0.4, 0.5) is 0 Å². The van der Waals surface area contributed by atoms with E-state index in [0.717, 1.165) is 33.6 Å². The highest BCUT2D eigenvalue weighted by Gasteiger charge is 2.23. The molecule has 1 aromatic carbocycles. The first kappa shape index (κ1) is 16.3. The Morgan fingerprint density at radius 2 is 2.00 bits per heavy atom. The molecule has 2 aromatic heterocycles. The summed E-state index contributed by atoms with van der Waals surface area (Å²) in [5, 5.41) is 12.3. The number of pyridine rings is 1. The van der Waals surface area contributed by atoms with E-state index in [4.69, 9.17) is 4.74 Å². The second kappa shape index (κ2) is 5.94. The van der Waals surface area contributed by atoms with Gasteiger partial charge in [-0.25, -0.2) is 9.67 Å². The molecule has 7 heteroatoms. The highest BCUT2D eigenvalue weighted by molar-refractivity contribution is 5.84. The number of aromatic amines is 1. The summed E-state index contributed by atoms with van der Waals surface area (Å²) >= 11 is 0. The fourth-order valence-electron chi connectivity index (χ4n) is 3.26. The number of benzene rings is 1. The van der Waals surface area contributed by atoms with Gasteiger partial charge in [-0.3, -0.25) is 9.89 Å². The van der Waals surface area contributed by atoms with Crippen molar-refractivity contribution in [2.24, 2.45) is 10.2 Å². The summed E-state index contributed by atoms with van der Waals surface area (Å²) in [6.07, 6.45) is 1.88. The topological polar surface area (TPSA) is 84.6 Å². The largest absolute Gasteiger partial charge is 0.497 e. The van der Waals surface area contributed by atoms with Crippen LogP contribution in [-0.4, -0.2) is 21.9 Å². The van der Waals surface area contributed by atoms with Gasteiger partial charge < -0.3 is 4.74 Å². The van der Waals surface area contributed by atoms with Crippen LogP contribution < -0.4 is 10.3 Å². The number of allylic oxidation sites excluding steroid dienone is 1. The molecule has 0 radical (unpaired) electrons. The van der Waals surface area contributed by atoms with Crippen LogP contribution in [0.3, 0.4) is 0 Å². The molecule has 0 fully saturated rings. The van der Waals surface area contributed by atoms with Crippen LogP contribution in [0.2, 0.25) is 0 Å². The Morgan fingerprint density at radius 3 is 2.69 bits per heavy atom. The van der Waals surface area contributed by atoms with E-state index in [1.165, 1.54) is 4.68 Å². The lowest BCUT2D eigenvalue weighted by Crippen LogP contribution is -2.19. The maximum absolute atomic E-state index is 13.0. The zero-order valence-electron chi connectivity index (χ0n) is 15.1. The number of nitrogens with one attached hydrogen (secondary N) is 1. The highest BCUT2D eigenvalue weighted by Crippen LogP contribution is 2.28. The number of methoxy groups -OCH3 is 1. The minimum absolute atomic E-state index is 0.155. The number of azo groups is 1. The molecule has 0 aliphatic carbocycles. The zero-order chi connectivity index (χ0) is 18.4. The van der Waals surface area contributed by atoms with Gasteiger partial charge in [0.15, 0.2) is 5.82 Å². The van der Waals surface area contributed by atoms with Gasteiger partial charge in [0.2, 0.25) is 0 Å². The number of rotatable bonds is 3. The summed E-state index contributed by atoms with van der Waals surface area (Å²) in [7, 11) is 1.64. The van der Waals surface area contributed by atoms with Crippen molar-refractivity contribution >= 4 is 10.9 Å². The van der Waals surface area contributed by atoms with Crippen LogP contribution in [0.1, 0.15) is 29.8 Å². The maximum Gasteiger partial charge on any atom is 0.278 e. The Balaban J connectivity index is 1.86. The smallest absolute Gasteiger partial charge is 0.278 e. The van der Waals surface area contributed by atoms with Crippen molar-refractivity contribution in [2.75, 3.05) is 7.11 Å². The normalized spacial score (nSPS) is 16.3. The third-order valence-corrected chi connectivity index (χ3v) is 4.59.